The first-order valence-electron chi connectivity index (χ1n) is 4.30. The van der Waals surface area contributed by atoms with Gasteiger partial charge in [0, 0.05) is 26.1 Å². The van der Waals surface area contributed by atoms with E-state index in [1.165, 1.54) is 0 Å². The van der Waals surface area contributed by atoms with Crippen LogP contribution in [0.5, 0.6) is 0 Å². The Balaban J connectivity index is 2.23. The van der Waals surface area contributed by atoms with Gasteiger partial charge in [-0.05, 0) is 12.8 Å². The van der Waals surface area contributed by atoms with Gasteiger partial charge in [0.1, 0.15) is 0 Å². The highest BCUT2D eigenvalue weighted by atomic mass is 16.3. The van der Waals surface area contributed by atoms with Gasteiger partial charge in [0.25, 0.3) is 0 Å². The number of aliphatic hydroxyl groups is 2. The Hall–Kier alpha value is -0.610. The summed E-state index contributed by atoms with van der Waals surface area (Å²) in [5.74, 6) is 0.0422. The van der Waals surface area contributed by atoms with Crippen LogP contribution in [0, 0.1) is 0 Å². The van der Waals surface area contributed by atoms with Gasteiger partial charge in [-0.1, -0.05) is 0 Å². The zero-order valence-corrected chi connectivity index (χ0v) is 7.07. The van der Waals surface area contributed by atoms with Gasteiger partial charge < -0.3 is 15.1 Å². The molecule has 1 saturated heterocycles. The van der Waals surface area contributed by atoms with Gasteiger partial charge in [-0.2, -0.15) is 0 Å². The molecule has 0 aromatic rings. The minimum Gasteiger partial charge on any atom is -0.396 e. The zero-order chi connectivity index (χ0) is 8.97. The monoisotopic (exact) mass is 173 g/mol. The summed E-state index contributed by atoms with van der Waals surface area (Å²) in [4.78, 5) is 12.9. The van der Waals surface area contributed by atoms with E-state index in [4.69, 9.17) is 10.2 Å². The molecule has 1 atom stereocenters. The minimum absolute atomic E-state index is 0.0422. The number of carbonyl (C=O) groups is 1. The largest absolute Gasteiger partial charge is 0.396 e. The minimum atomic E-state index is -0.344. The van der Waals surface area contributed by atoms with Crippen LogP contribution in [-0.4, -0.2) is 46.8 Å². The number of carbonyl (C=O) groups excluding carboxylic acids is 1. The van der Waals surface area contributed by atoms with Crippen molar-refractivity contribution in [2.75, 3.05) is 19.7 Å². The lowest BCUT2D eigenvalue weighted by atomic mass is 10.3. The van der Waals surface area contributed by atoms with Crippen molar-refractivity contribution in [2.24, 2.45) is 0 Å². The van der Waals surface area contributed by atoms with Crippen molar-refractivity contribution in [1.29, 1.82) is 0 Å². The highest BCUT2D eigenvalue weighted by Gasteiger charge is 2.23. The van der Waals surface area contributed by atoms with Gasteiger partial charge in [0.2, 0.25) is 5.91 Å². The van der Waals surface area contributed by atoms with Gasteiger partial charge in [0.15, 0.2) is 0 Å². The van der Waals surface area contributed by atoms with Crippen molar-refractivity contribution in [2.45, 2.75) is 25.4 Å². The summed E-state index contributed by atoms with van der Waals surface area (Å²) >= 11 is 0. The summed E-state index contributed by atoms with van der Waals surface area (Å²) in [6.45, 7) is 1.18. The van der Waals surface area contributed by atoms with Crippen LogP contribution in [0.3, 0.4) is 0 Å². The summed E-state index contributed by atoms with van der Waals surface area (Å²) in [6.07, 6.45) is 1.25. The van der Waals surface area contributed by atoms with E-state index in [0.29, 0.717) is 32.4 Å². The van der Waals surface area contributed by atoms with E-state index in [2.05, 4.69) is 0 Å². The molecule has 4 heteroatoms. The molecule has 70 valence electrons. The Labute approximate surface area is 71.8 Å². The van der Waals surface area contributed by atoms with Crippen LogP contribution in [0.4, 0.5) is 0 Å². The molecule has 4 nitrogen and oxygen atoms in total. The molecule has 1 fully saturated rings. The van der Waals surface area contributed by atoms with Gasteiger partial charge in [-0.3, -0.25) is 4.79 Å². The maximum absolute atomic E-state index is 11.3. The number of rotatable bonds is 3. The lowest BCUT2D eigenvalue weighted by molar-refractivity contribution is -0.130. The van der Waals surface area contributed by atoms with Crippen LogP contribution in [0.25, 0.3) is 0 Å². The molecule has 0 bridgehead atoms. The maximum Gasteiger partial charge on any atom is 0.222 e. The van der Waals surface area contributed by atoms with Crippen LogP contribution in [0.2, 0.25) is 0 Å². The third-order valence-electron chi connectivity index (χ3n) is 2.06. The summed E-state index contributed by atoms with van der Waals surface area (Å²) in [5.41, 5.74) is 0. The molecule has 0 radical (unpaired) electrons. The fourth-order valence-corrected chi connectivity index (χ4v) is 1.36. The summed E-state index contributed by atoms with van der Waals surface area (Å²) in [7, 11) is 0. The predicted octanol–water partition coefficient (Wildman–Crippen LogP) is -0.648. The lowest BCUT2D eigenvalue weighted by Gasteiger charge is -2.14. The van der Waals surface area contributed by atoms with E-state index in [0.717, 1.165) is 0 Å². The second kappa shape index (κ2) is 4.42. The fourth-order valence-electron chi connectivity index (χ4n) is 1.36. The van der Waals surface area contributed by atoms with E-state index in [-0.39, 0.29) is 18.6 Å². The summed E-state index contributed by atoms with van der Waals surface area (Å²) < 4.78 is 0. The molecule has 1 heterocycles. The Morgan fingerprint density at radius 2 is 2.33 bits per heavy atom. The Bertz CT molecular complexity index is 160. The topological polar surface area (TPSA) is 60.8 Å². The Kier molecular flexibility index (Phi) is 3.49. The molecule has 0 aromatic heterocycles. The highest BCUT2D eigenvalue weighted by molar-refractivity contribution is 5.76. The molecule has 12 heavy (non-hydrogen) atoms. The molecule has 1 amide bonds. The standard InChI is InChI=1S/C8H15NO3/c10-5-1-2-8(12)9-4-3-7(11)6-9/h7,10-11H,1-6H2/t7-/m0/s1. The van der Waals surface area contributed by atoms with E-state index in [1.807, 2.05) is 0 Å². The van der Waals surface area contributed by atoms with Crippen LogP contribution >= 0.6 is 0 Å². The first-order chi connectivity index (χ1) is 5.74. The zero-order valence-electron chi connectivity index (χ0n) is 7.07. The molecular weight excluding hydrogens is 158 g/mol. The van der Waals surface area contributed by atoms with Crippen LogP contribution in [0.15, 0.2) is 0 Å². The van der Waals surface area contributed by atoms with E-state index >= 15 is 0 Å². The molecule has 1 aliphatic rings. The predicted molar refractivity (Wildman–Crippen MR) is 43.5 cm³/mol. The number of hydrogen-bond acceptors (Lipinski definition) is 3. The normalized spacial score (nSPS) is 23.2. The van der Waals surface area contributed by atoms with Crippen LogP contribution in [-0.2, 0) is 4.79 Å². The molecule has 1 aliphatic heterocycles. The third kappa shape index (κ3) is 2.46. The van der Waals surface area contributed by atoms with Crippen molar-refractivity contribution in [3.05, 3.63) is 0 Å². The van der Waals surface area contributed by atoms with E-state index in [1.54, 1.807) is 4.90 Å². The van der Waals surface area contributed by atoms with Crippen LogP contribution < -0.4 is 0 Å². The first-order valence-corrected chi connectivity index (χ1v) is 4.30. The Morgan fingerprint density at radius 1 is 1.58 bits per heavy atom. The summed E-state index contributed by atoms with van der Waals surface area (Å²) in [6, 6.07) is 0. The van der Waals surface area contributed by atoms with Crippen molar-refractivity contribution in [3.8, 4) is 0 Å². The van der Waals surface area contributed by atoms with Crippen molar-refractivity contribution < 1.29 is 15.0 Å². The average Bonchev–Trinajstić information content (AvgIpc) is 2.47. The average molecular weight is 173 g/mol. The molecule has 2 N–H and O–H groups in total. The van der Waals surface area contributed by atoms with Crippen molar-refractivity contribution in [1.82, 2.24) is 4.90 Å². The molecule has 1 rings (SSSR count). The molecular formula is C8H15NO3. The van der Waals surface area contributed by atoms with Gasteiger partial charge in [-0.25, -0.2) is 0 Å². The second-order valence-corrected chi connectivity index (χ2v) is 3.11. The summed E-state index contributed by atoms with van der Waals surface area (Å²) in [5, 5.41) is 17.6. The number of β-amino-alcohol motifs (C(OH)–C–C–N with tert-alkyl or cyclic N) is 1. The molecule has 0 saturated carbocycles. The SMILES string of the molecule is O=C(CCCO)N1CC[C@H](O)C1. The number of aliphatic hydroxyl groups excluding tert-OH is 2. The first kappa shape index (κ1) is 9.48. The number of amides is 1. The molecule has 0 spiro atoms. The number of nitrogens with zero attached hydrogens (tertiary/aromatic N) is 1. The van der Waals surface area contributed by atoms with Gasteiger partial charge in [0.05, 0.1) is 6.10 Å². The molecule has 0 aromatic carbocycles. The number of hydrogen-bond donors (Lipinski definition) is 2. The van der Waals surface area contributed by atoms with Gasteiger partial charge >= 0.3 is 0 Å². The fraction of sp³-hybridized carbons (Fsp3) is 0.875. The van der Waals surface area contributed by atoms with E-state index < -0.39 is 0 Å². The number of likely N-dealkylation sites (tertiary alicyclic amines) is 1. The highest BCUT2D eigenvalue weighted by Crippen LogP contribution is 2.10. The maximum atomic E-state index is 11.3. The van der Waals surface area contributed by atoms with Crippen molar-refractivity contribution in [3.63, 3.8) is 0 Å². The molecule has 0 unspecified atom stereocenters. The van der Waals surface area contributed by atoms with Gasteiger partial charge in [-0.15, -0.1) is 0 Å². The lowest BCUT2D eigenvalue weighted by Crippen LogP contribution is -2.29. The van der Waals surface area contributed by atoms with E-state index in [9.17, 15) is 4.79 Å². The van der Waals surface area contributed by atoms with Crippen molar-refractivity contribution >= 4 is 5.91 Å². The quantitative estimate of drug-likeness (QED) is 0.596. The van der Waals surface area contributed by atoms with Crippen LogP contribution in [0.1, 0.15) is 19.3 Å². The smallest absolute Gasteiger partial charge is 0.222 e. The third-order valence-corrected chi connectivity index (χ3v) is 2.06. The second-order valence-electron chi connectivity index (χ2n) is 3.11. The molecule has 0 aliphatic carbocycles. The Morgan fingerprint density at radius 3 is 2.83 bits per heavy atom.